The van der Waals surface area contributed by atoms with E-state index in [0.29, 0.717) is 42.0 Å². The molecule has 9 nitrogen and oxygen atoms in total. The average molecular weight is 631 g/mol. The lowest BCUT2D eigenvalue weighted by Crippen LogP contribution is -2.58. The van der Waals surface area contributed by atoms with Gasteiger partial charge in [0.25, 0.3) is 5.91 Å². The van der Waals surface area contributed by atoms with Crippen molar-refractivity contribution in [2.24, 2.45) is 0 Å². The highest BCUT2D eigenvalue weighted by molar-refractivity contribution is 7.16. The van der Waals surface area contributed by atoms with Crippen LogP contribution < -0.4 is 10.2 Å². The van der Waals surface area contributed by atoms with Gasteiger partial charge in [-0.15, -0.1) is 11.3 Å². The number of ether oxygens (including phenoxy) is 1. The van der Waals surface area contributed by atoms with E-state index in [2.05, 4.69) is 15.2 Å². The number of aliphatic hydroxyl groups excluding tert-OH is 1. The minimum absolute atomic E-state index is 0.0263. The number of morpholine rings is 1. The SMILES string of the molecule is Cc1sccc1C(=O)N1CCOC2(CCN(CCCCCCCCCNCC(O)c3ccc(O)c4[nH]c(=O)sc34)CC2)C1. The van der Waals surface area contributed by atoms with E-state index in [0.717, 1.165) is 67.2 Å². The first-order valence-corrected chi connectivity index (χ1v) is 17.5. The van der Waals surface area contributed by atoms with E-state index in [1.807, 2.05) is 23.3 Å². The lowest BCUT2D eigenvalue weighted by Gasteiger charge is -2.47. The molecule has 4 N–H and O–H groups in total. The van der Waals surface area contributed by atoms with E-state index in [-0.39, 0.29) is 22.1 Å². The van der Waals surface area contributed by atoms with Crippen LogP contribution in [-0.4, -0.2) is 88.9 Å². The van der Waals surface area contributed by atoms with Gasteiger partial charge in [0, 0.05) is 36.6 Å². The highest BCUT2D eigenvalue weighted by Crippen LogP contribution is 2.32. The van der Waals surface area contributed by atoms with Crippen molar-refractivity contribution in [3.8, 4) is 5.75 Å². The van der Waals surface area contributed by atoms with E-state index >= 15 is 0 Å². The van der Waals surface area contributed by atoms with Crippen LogP contribution in [0.5, 0.6) is 5.75 Å². The first-order chi connectivity index (χ1) is 20.8. The van der Waals surface area contributed by atoms with Gasteiger partial charge in [-0.05, 0) is 63.2 Å². The number of benzene rings is 1. The molecule has 1 aromatic carbocycles. The molecule has 236 valence electrons. The maximum absolute atomic E-state index is 13.0. The minimum Gasteiger partial charge on any atom is -0.506 e. The number of hydrogen-bond acceptors (Lipinski definition) is 9. The summed E-state index contributed by atoms with van der Waals surface area (Å²) in [7, 11) is 0. The number of H-pyrrole nitrogens is 1. The van der Waals surface area contributed by atoms with Crippen molar-refractivity contribution >= 4 is 38.8 Å². The lowest BCUT2D eigenvalue weighted by atomic mass is 9.89. The molecule has 1 spiro atoms. The third-order valence-electron chi connectivity index (χ3n) is 9.00. The molecule has 4 heterocycles. The fourth-order valence-corrected chi connectivity index (χ4v) is 8.01. The third-order valence-corrected chi connectivity index (χ3v) is 10.8. The number of carbonyl (C=O) groups excluding carboxylic acids is 1. The number of aromatic amines is 1. The number of fused-ring (bicyclic) bond motifs is 1. The van der Waals surface area contributed by atoms with Crippen LogP contribution in [0.1, 0.15) is 84.7 Å². The summed E-state index contributed by atoms with van der Waals surface area (Å²) in [6.07, 6.45) is 9.75. The molecule has 1 atom stereocenters. The summed E-state index contributed by atoms with van der Waals surface area (Å²) >= 11 is 2.65. The molecule has 1 unspecified atom stereocenters. The summed E-state index contributed by atoms with van der Waals surface area (Å²) in [5, 5.41) is 25.9. The summed E-state index contributed by atoms with van der Waals surface area (Å²) in [6, 6.07) is 5.15. The molecule has 5 rings (SSSR count). The summed E-state index contributed by atoms with van der Waals surface area (Å²) < 4.78 is 6.90. The number of nitrogens with zero attached hydrogens (tertiary/aromatic N) is 2. The molecule has 2 aromatic heterocycles. The molecule has 0 saturated carbocycles. The van der Waals surface area contributed by atoms with Gasteiger partial charge in [-0.25, -0.2) is 0 Å². The number of carbonyl (C=O) groups is 1. The number of piperidine rings is 1. The lowest BCUT2D eigenvalue weighted by molar-refractivity contribution is -0.127. The molecule has 1 amide bonds. The fourth-order valence-electron chi connectivity index (χ4n) is 6.40. The van der Waals surface area contributed by atoms with E-state index in [1.54, 1.807) is 17.4 Å². The normalized spacial score (nSPS) is 18.0. The molecule has 2 aliphatic rings. The molecule has 2 saturated heterocycles. The van der Waals surface area contributed by atoms with E-state index in [4.69, 9.17) is 4.74 Å². The van der Waals surface area contributed by atoms with Gasteiger partial charge in [0.2, 0.25) is 0 Å². The van der Waals surface area contributed by atoms with Crippen molar-refractivity contribution in [3.63, 3.8) is 0 Å². The van der Waals surface area contributed by atoms with Crippen LogP contribution in [0, 0.1) is 6.92 Å². The van der Waals surface area contributed by atoms with Crippen molar-refractivity contribution in [2.45, 2.75) is 76.4 Å². The topological polar surface area (TPSA) is 118 Å². The molecule has 2 aliphatic heterocycles. The number of aryl methyl sites for hydroxylation is 1. The van der Waals surface area contributed by atoms with Crippen LogP contribution in [-0.2, 0) is 4.74 Å². The third kappa shape index (κ3) is 8.26. The van der Waals surface area contributed by atoms with Gasteiger partial charge in [0.05, 0.1) is 35.1 Å². The number of aliphatic hydroxyl groups is 1. The molecular formula is C32H46N4O5S2. The molecule has 3 aromatic rings. The minimum atomic E-state index is -0.727. The first-order valence-electron chi connectivity index (χ1n) is 15.8. The summed E-state index contributed by atoms with van der Waals surface area (Å²) in [5.74, 6) is 0.183. The van der Waals surface area contributed by atoms with Gasteiger partial charge in [-0.1, -0.05) is 49.5 Å². The number of rotatable bonds is 14. The van der Waals surface area contributed by atoms with Gasteiger partial charge in [0.15, 0.2) is 0 Å². The number of aromatic nitrogens is 1. The monoisotopic (exact) mass is 630 g/mol. The van der Waals surface area contributed by atoms with Crippen LogP contribution in [0.25, 0.3) is 10.2 Å². The van der Waals surface area contributed by atoms with Crippen LogP contribution in [0.15, 0.2) is 28.4 Å². The van der Waals surface area contributed by atoms with Crippen molar-refractivity contribution in [3.05, 3.63) is 49.3 Å². The highest BCUT2D eigenvalue weighted by atomic mass is 32.1. The Bertz CT molecular complexity index is 1390. The second-order valence-corrected chi connectivity index (χ2v) is 14.2. The molecule has 43 heavy (non-hydrogen) atoms. The number of phenols is 1. The summed E-state index contributed by atoms with van der Waals surface area (Å²) in [6.45, 7) is 8.56. The van der Waals surface area contributed by atoms with E-state index < -0.39 is 6.10 Å². The number of hydrogen-bond donors (Lipinski definition) is 4. The molecule has 0 aliphatic carbocycles. The van der Waals surface area contributed by atoms with Crippen molar-refractivity contribution in [2.75, 3.05) is 52.4 Å². The molecule has 0 radical (unpaired) electrons. The zero-order valence-electron chi connectivity index (χ0n) is 25.2. The number of thiophene rings is 1. The maximum Gasteiger partial charge on any atom is 0.305 e. The quantitative estimate of drug-likeness (QED) is 0.185. The molecule has 0 bridgehead atoms. The Morgan fingerprint density at radius 2 is 1.84 bits per heavy atom. The van der Waals surface area contributed by atoms with E-state index in [9.17, 15) is 19.8 Å². The summed E-state index contributed by atoms with van der Waals surface area (Å²) in [4.78, 5) is 32.8. The van der Waals surface area contributed by atoms with Gasteiger partial charge < -0.3 is 35.1 Å². The van der Waals surface area contributed by atoms with Gasteiger partial charge in [0.1, 0.15) is 11.3 Å². The van der Waals surface area contributed by atoms with Crippen molar-refractivity contribution in [1.29, 1.82) is 0 Å². The molecule has 2 fully saturated rings. The second kappa shape index (κ2) is 15.1. The summed E-state index contributed by atoms with van der Waals surface area (Å²) in [5.41, 5.74) is 1.73. The van der Waals surface area contributed by atoms with Gasteiger partial charge in [-0.2, -0.15) is 0 Å². The predicted octanol–water partition coefficient (Wildman–Crippen LogP) is 5.03. The number of thiazole rings is 1. The van der Waals surface area contributed by atoms with Gasteiger partial charge >= 0.3 is 4.87 Å². The maximum atomic E-state index is 13.0. The number of nitrogens with one attached hydrogen (secondary N) is 2. The fraction of sp³-hybridized carbons (Fsp3) is 0.625. The standard InChI is InChI=1S/C32H46N4O5S2/c1-23-24(11-20-42-23)30(39)36-18-19-41-32(22-36)12-16-35(17-13-32)15-8-6-4-2-3-5-7-14-33-21-27(38)25-9-10-26(37)28-29(25)43-31(40)34-28/h9-11,20,27,33,37-38H,2-8,12-19,21-22H2,1H3,(H,34,40). The Labute approximate surface area is 261 Å². The van der Waals surface area contributed by atoms with Crippen LogP contribution in [0.3, 0.4) is 0 Å². The van der Waals surface area contributed by atoms with Crippen molar-refractivity contribution < 1.29 is 19.7 Å². The zero-order valence-corrected chi connectivity index (χ0v) is 26.9. The Balaban J connectivity index is 0.885. The Hall–Kier alpha value is -2.28. The second-order valence-electron chi connectivity index (χ2n) is 12.1. The number of unbranched alkanes of at least 4 members (excludes halogenated alkanes) is 6. The van der Waals surface area contributed by atoms with Gasteiger partial charge in [-0.3, -0.25) is 9.59 Å². The number of likely N-dealkylation sites (tertiary alicyclic amines) is 1. The van der Waals surface area contributed by atoms with Crippen molar-refractivity contribution in [1.82, 2.24) is 20.1 Å². The predicted molar refractivity (Wildman–Crippen MR) is 174 cm³/mol. The Morgan fingerprint density at radius 3 is 2.58 bits per heavy atom. The Morgan fingerprint density at radius 1 is 1.09 bits per heavy atom. The number of aromatic hydroxyl groups is 1. The van der Waals surface area contributed by atoms with E-state index in [1.165, 1.54) is 44.6 Å². The van der Waals surface area contributed by atoms with Crippen LogP contribution >= 0.6 is 22.7 Å². The molecule has 11 heteroatoms. The smallest absolute Gasteiger partial charge is 0.305 e. The Kier molecular flexibility index (Phi) is 11.3. The molecular weight excluding hydrogens is 585 g/mol. The van der Waals surface area contributed by atoms with Crippen LogP contribution in [0.4, 0.5) is 0 Å². The number of amides is 1. The average Bonchev–Trinajstić information content (AvgIpc) is 3.62. The zero-order chi connectivity index (χ0) is 30.2. The highest BCUT2D eigenvalue weighted by Gasteiger charge is 2.41. The largest absolute Gasteiger partial charge is 0.506 e. The first kappa shape index (κ1) is 32.1. The van der Waals surface area contributed by atoms with Crippen LogP contribution in [0.2, 0.25) is 0 Å². The number of phenolic OH excluding ortho intramolecular Hbond substituents is 1.